The van der Waals surface area contributed by atoms with Crippen LogP contribution in [0.4, 0.5) is 4.79 Å². The summed E-state index contributed by atoms with van der Waals surface area (Å²) < 4.78 is 4.40. The summed E-state index contributed by atoms with van der Waals surface area (Å²) in [6, 6.07) is -0.624. The van der Waals surface area contributed by atoms with Gasteiger partial charge in [0, 0.05) is 11.3 Å². The molecule has 3 N–H and O–H groups in total. The largest absolute Gasteiger partial charge is 0.480 e. The SMILES string of the molecule is CSC(C)(C)CNC(=O)NC(=O)COCC(=O)O. The van der Waals surface area contributed by atoms with Crippen LogP contribution < -0.4 is 10.6 Å². The number of hydrogen-bond acceptors (Lipinski definition) is 5. The predicted molar refractivity (Wildman–Crippen MR) is 67.6 cm³/mol. The Morgan fingerprint density at radius 1 is 1.28 bits per heavy atom. The molecule has 104 valence electrons. The highest BCUT2D eigenvalue weighted by molar-refractivity contribution is 7.99. The molecular formula is C10H18N2O5S. The molecule has 7 nitrogen and oxygen atoms in total. The van der Waals surface area contributed by atoms with E-state index in [1.165, 1.54) is 0 Å². The number of carbonyl (C=O) groups excluding carboxylic acids is 2. The molecule has 0 heterocycles. The minimum atomic E-state index is -1.17. The van der Waals surface area contributed by atoms with Gasteiger partial charge in [-0.15, -0.1) is 0 Å². The molecule has 0 aromatic carbocycles. The normalized spacial score (nSPS) is 10.8. The summed E-state index contributed by atoms with van der Waals surface area (Å²) in [6.07, 6.45) is 1.92. The minimum Gasteiger partial charge on any atom is -0.480 e. The van der Waals surface area contributed by atoms with E-state index in [1.54, 1.807) is 11.8 Å². The number of carboxylic acid groups (broad SMARTS) is 1. The summed E-state index contributed by atoms with van der Waals surface area (Å²) in [5.41, 5.74) is 0. The second-order valence-electron chi connectivity index (χ2n) is 4.08. The molecule has 3 amide bonds. The zero-order valence-electron chi connectivity index (χ0n) is 10.6. The quantitative estimate of drug-likeness (QED) is 0.608. The van der Waals surface area contributed by atoms with Crippen LogP contribution in [0.3, 0.4) is 0 Å². The Labute approximate surface area is 110 Å². The fourth-order valence-corrected chi connectivity index (χ4v) is 1.02. The number of carbonyl (C=O) groups is 3. The number of carboxylic acids is 1. The highest BCUT2D eigenvalue weighted by Gasteiger charge is 2.17. The van der Waals surface area contributed by atoms with E-state index in [9.17, 15) is 14.4 Å². The monoisotopic (exact) mass is 278 g/mol. The van der Waals surface area contributed by atoms with Crippen LogP contribution in [0.1, 0.15) is 13.8 Å². The van der Waals surface area contributed by atoms with Gasteiger partial charge < -0.3 is 15.2 Å². The number of ether oxygens (including phenoxy) is 1. The molecule has 8 heteroatoms. The van der Waals surface area contributed by atoms with Crippen molar-refractivity contribution in [1.29, 1.82) is 0 Å². The topological polar surface area (TPSA) is 105 Å². The van der Waals surface area contributed by atoms with E-state index in [0.717, 1.165) is 0 Å². The van der Waals surface area contributed by atoms with Gasteiger partial charge in [-0.3, -0.25) is 10.1 Å². The van der Waals surface area contributed by atoms with Crippen LogP contribution in [-0.4, -0.2) is 53.8 Å². The molecule has 0 bridgehead atoms. The van der Waals surface area contributed by atoms with Crippen LogP contribution in [0, 0.1) is 0 Å². The molecule has 0 aliphatic heterocycles. The first-order valence-electron chi connectivity index (χ1n) is 5.19. The van der Waals surface area contributed by atoms with Gasteiger partial charge in [0.05, 0.1) is 0 Å². The number of urea groups is 1. The van der Waals surface area contributed by atoms with Crippen LogP contribution in [0.25, 0.3) is 0 Å². The first-order chi connectivity index (χ1) is 8.26. The third-order valence-electron chi connectivity index (χ3n) is 1.94. The van der Waals surface area contributed by atoms with Gasteiger partial charge in [0.2, 0.25) is 0 Å². The molecule has 0 fully saturated rings. The molecule has 0 rings (SSSR count). The van der Waals surface area contributed by atoms with Crippen LogP contribution in [0.5, 0.6) is 0 Å². The Morgan fingerprint density at radius 2 is 1.89 bits per heavy atom. The number of nitrogens with one attached hydrogen (secondary N) is 2. The van der Waals surface area contributed by atoms with E-state index >= 15 is 0 Å². The Balaban J connectivity index is 3.81. The van der Waals surface area contributed by atoms with Crippen molar-refractivity contribution in [3.8, 4) is 0 Å². The molecule has 18 heavy (non-hydrogen) atoms. The average molecular weight is 278 g/mol. The molecule has 0 atom stereocenters. The molecule has 0 aliphatic rings. The predicted octanol–water partition coefficient (Wildman–Crippen LogP) is 0.0550. The van der Waals surface area contributed by atoms with Gasteiger partial charge in [0.15, 0.2) is 0 Å². The maximum absolute atomic E-state index is 11.3. The lowest BCUT2D eigenvalue weighted by atomic mass is 10.2. The van der Waals surface area contributed by atoms with Gasteiger partial charge in [0.1, 0.15) is 13.2 Å². The Morgan fingerprint density at radius 3 is 2.39 bits per heavy atom. The lowest BCUT2D eigenvalue weighted by Gasteiger charge is -2.22. The van der Waals surface area contributed by atoms with Crippen molar-refractivity contribution >= 4 is 29.7 Å². The maximum atomic E-state index is 11.3. The number of thioether (sulfide) groups is 1. The van der Waals surface area contributed by atoms with Gasteiger partial charge in [0.25, 0.3) is 5.91 Å². The van der Waals surface area contributed by atoms with Gasteiger partial charge in [-0.2, -0.15) is 11.8 Å². The Hall–Kier alpha value is -1.28. The Bertz CT molecular complexity index is 319. The second-order valence-corrected chi connectivity index (χ2v) is 5.59. The van der Waals surface area contributed by atoms with E-state index in [1.807, 2.05) is 25.4 Å². The zero-order valence-corrected chi connectivity index (χ0v) is 11.4. The van der Waals surface area contributed by atoms with Crippen molar-refractivity contribution in [2.45, 2.75) is 18.6 Å². The fraction of sp³-hybridized carbons (Fsp3) is 0.700. The first kappa shape index (κ1) is 16.7. The molecule has 0 aromatic rings. The van der Waals surface area contributed by atoms with Crippen molar-refractivity contribution in [1.82, 2.24) is 10.6 Å². The number of imide groups is 1. The van der Waals surface area contributed by atoms with Crippen LogP contribution in [-0.2, 0) is 14.3 Å². The molecular weight excluding hydrogens is 260 g/mol. The summed E-state index contributed by atoms with van der Waals surface area (Å²) in [5, 5.41) is 12.8. The lowest BCUT2D eigenvalue weighted by Crippen LogP contribution is -2.45. The zero-order chi connectivity index (χ0) is 14.2. The standard InChI is InChI=1S/C10H18N2O5S/c1-10(2,18-3)6-11-9(16)12-7(13)4-17-5-8(14)15/h4-6H2,1-3H3,(H,14,15)(H2,11,12,13,16). The van der Waals surface area contributed by atoms with Crippen molar-refractivity contribution in [2.24, 2.45) is 0 Å². The third-order valence-corrected chi connectivity index (χ3v) is 3.19. The molecule has 0 unspecified atom stereocenters. The minimum absolute atomic E-state index is 0.125. The van der Waals surface area contributed by atoms with E-state index in [-0.39, 0.29) is 4.75 Å². The molecule has 0 aromatic heterocycles. The number of amides is 3. The number of rotatable bonds is 7. The van der Waals surface area contributed by atoms with Crippen molar-refractivity contribution in [3.63, 3.8) is 0 Å². The van der Waals surface area contributed by atoms with Crippen molar-refractivity contribution in [2.75, 3.05) is 26.0 Å². The fourth-order valence-electron chi connectivity index (χ4n) is 0.803. The summed E-state index contributed by atoms with van der Waals surface area (Å²) in [7, 11) is 0. The van der Waals surface area contributed by atoms with E-state index in [4.69, 9.17) is 5.11 Å². The summed E-state index contributed by atoms with van der Waals surface area (Å²) in [4.78, 5) is 32.5. The highest BCUT2D eigenvalue weighted by atomic mass is 32.2. The van der Waals surface area contributed by atoms with Crippen molar-refractivity contribution in [3.05, 3.63) is 0 Å². The van der Waals surface area contributed by atoms with Gasteiger partial charge in [-0.05, 0) is 20.1 Å². The molecule has 0 spiro atoms. The highest BCUT2D eigenvalue weighted by Crippen LogP contribution is 2.19. The van der Waals surface area contributed by atoms with Gasteiger partial charge in [-0.1, -0.05) is 0 Å². The van der Waals surface area contributed by atoms with Crippen LogP contribution in [0.15, 0.2) is 0 Å². The lowest BCUT2D eigenvalue weighted by molar-refractivity contribution is -0.143. The molecule has 0 saturated carbocycles. The summed E-state index contributed by atoms with van der Waals surface area (Å²) in [5.74, 6) is -1.86. The van der Waals surface area contributed by atoms with E-state index in [0.29, 0.717) is 6.54 Å². The van der Waals surface area contributed by atoms with Gasteiger partial charge in [-0.25, -0.2) is 9.59 Å². The van der Waals surface area contributed by atoms with E-state index < -0.39 is 31.1 Å². The third kappa shape index (κ3) is 8.82. The Kier molecular flexibility index (Phi) is 7.37. The average Bonchev–Trinajstić information content (AvgIpc) is 2.26. The van der Waals surface area contributed by atoms with Crippen LogP contribution >= 0.6 is 11.8 Å². The first-order valence-corrected chi connectivity index (χ1v) is 6.41. The van der Waals surface area contributed by atoms with E-state index in [2.05, 4.69) is 10.1 Å². The molecule has 0 aliphatic carbocycles. The van der Waals surface area contributed by atoms with Crippen molar-refractivity contribution < 1.29 is 24.2 Å². The van der Waals surface area contributed by atoms with Gasteiger partial charge >= 0.3 is 12.0 Å². The molecule has 0 radical (unpaired) electrons. The second kappa shape index (κ2) is 7.93. The van der Waals surface area contributed by atoms with Crippen LogP contribution in [0.2, 0.25) is 0 Å². The maximum Gasteiger partial charge on any atom is 0.329 e. The summed E-state index contributed by atoms with van der Waals surface area (Å²) >= 11 is 1.59. The number of hydrogen-bond donors (Lipinski definition) is 3. The number of aliphatic carboxylic acids is 1. The smallest absolute Gasteiger partial charge is 0.329 e. The molecule has 0 saturated heterocycles. The summed E-state index contributed by atoms with van der Waals surface area (Å²) in [6.45, 7) is 3.27.